The SMILES string of the molecule is CCCCN1C(=O)CNc2ccc(Br)cc21. The van der Waals surface area contributed by atoms with Crippen LogP contribution in [-0.4, -0.2) is 19.0 Å². The third kappa shape index (κ3) is 2.21. The van der Waals surface area contributed by atoms with Gasteiger partial charge in [0.15, 0.2) is 0 Å². The molecule has 4 heteroatoms. The molecule has 16 heavy (non-hydrogen) atoms. The summed E-state index contributed by atoms with van der Waals surface area (Å²) in [5.41, 5.74) is 2.03. The normalized spacial score (nSPS) is 14.6. The maximum atomic E-state index is 11.8. The van der Waals surface area contributed by atoms with Crippen LogP contribution in [0.15, 0.2) is 22.7 Å². The fraction of sp³-hybridized carbons (Fsp3) is 0.417. The number of carbonyl (C=O) groups excluding carboxylic acids is 1. The van der Waals surface area contributed by atoms with Crippen molar-refractivity contribution in [1.82, 2.24) is 0 Å². The fourth-order valence-electron chi connectivity index (χ4n) is 1.84. The molecule has 1 aliphatic rings. The molecule has 0 aliphatic carbocycles. The van der Waals surface area contributed by atoms with Gasteiger partial charge in [0.1, 0.15) is 0 Å². The minimum atomic E-state index is 0.152. The summed E-state index contributed by atoms with van der Waals surface area (Å²) in [4.78, 5) is 13.7. The number of rotatable bonds is 3. The summed E-state index contributed by atoms with van der Waals surface area (Å²) in [7, 11) is 0. The number of anilines is 2. The molecule has 1 aromatic carbocycles. The van der Waals surface area contributed by atoms with Crippen LogP contribution in [-0.2, 0) is 4.79 Å². The number of hydrogen-bond acceptors (Lipinski definition) is 2. The lowest BCUT2D eigenvalue weighted by molar-refractivity contribution is -0.117. The van der Waals surface area contributed by atoms with Gasteiger partial charge in [-0.1, -0.05) is 29.3 Å². The molecule has 0 bridgehead atoms. The number of benzene rings is 1. The molecule has 1 heterocycles. The lowest BCUT2D eigenvalue weighted by atomic mass is 10.1. The number of fused-ring (bicyclic) bond motifs is 1. The highest BCUT2D eigenvalue weighted by Crippen LogP contribution is 2.32. The smallest absolute Gasteiger partial charge is 0.246 e. The van der Waals surface area contributed by atoms with Crippen LogP contribution in [0.5, 0.6) is 0 Å². The van der Waals surface area contributed by atoms with Gasteiger partial charge in [-0.05, 0) is 24.6 Å². The maximum absolute atomic E-state index is 11.8. The van der Waals surface area contributed by atoms with Gasteiger partial charge >= 0.3 is 0 Å². The van der Waals surface area contributed by atoms with E-state index in [9.17, 15) is 4.79 Å². The zero-order valence-corrected chi connectivity index (χ0v) is 10.9. The van der Waals surface area contributed by atoms with Crippen molar-refractivity contribution in [3.8, 4) is 0 Å². The molecule has 3 nitrogen and oxygen atoms in total. The number of hydrogen-bond donors (Lipinski definition) is 1. The molecule has 1 N–H and O–H groups in total. The Hall–Kier alpha value is -1.03. The lowest BCUT2D eigenvalue weighted by Gasteiger charge is -2.30. The van der Waals surface area contributed by atoms with Gasteiger partial charge in [-0.3, -0.25) is 4.79 Å². The minimum absolute atomic E-state index is 0.152. The average molecular weight is 283 g/mol. The second kappa shape index (κ2) is 4.87. The first-order valence-electron chi connectivity index (χ1n) is 5.56. The van der Waals surface area contributed by atoms with Crippen LogP contribution in [0, 0.1) is 0 Å². The first-order valence-corrected chi connectivity index (χ1v) is 6.35. The lowest BCUT2D eigenvalue weighted by Crippen LogP contribution is -2.40. The largest absolute Gasteiger partial charge is 0.374 e. The molecule has 0 unspecified atom stereocenters. The van der Waals surface area contributed by atoms with E-state index in [2.05, 4.69) is 28.2 Å². The van der Waals surface area contributed by atoms with E-state index >= 15 is 0 Å². The quantitative estimate of drug-likeness (QED) is 0.924. The maximum Gasteiger partial charge on any atom is 0.246 e. The van der Waals surface area contributed by atoms with E-state index in [0.717, 1.165) is 35.2 Å². The fourth-order valence-corrected chi connectivity index (χ4v) is 2.19. The van der Waals surface area contributed by atoms with Crippen LogP contribution >= 0.6 is 15.9 Å². The van der Waals surface area contributed by atoms with Crippen molar-refractivity contribution in [2.75, 3.05) is 23.3 Å². The topological polar surface area (TPSA) is 32.3 Å². The summed E-state index contributed by atoms with van der Waals surface area (Å²) in [5.74, 6) is 0.152. The zero-order valence-electron chi connectivity index (χ0n) is 9.29. The summed E-state index contributed by atoms with van der Waals surface area (Å²) < 4.78 is 1.00. The Balaban J connectivity index is 2.31. The number of amides is 1. The van der Waals surface area contributed by atoms with E-state index in [1.165, 1.54) is 0 Å². The van der Waals surface area contributed by atoms with Crippen LogP contribution in [0.2, 0.25) is 0 Å². The highest BCUT2D eigenvalue weighted by molar-refractivity contribution is 9.10. The number of nitrogens with zero attached hydrogens (tertiary/aromatic N) is 1. The summed E-state index contributed by atoms with van der Waals surface area (Å²) in [5, 5.41) is 3.13. The van der Waals surface area contributed by atoms with E-state index in [4.69, 9.17) is 0 Å². The van der Waals surface area contributed by atoms with Crippen molar-refractivity contribution in [2.45, 2.75) is 19.8 Å². The molecule has 1 amide bonds. The molecule has 0 spiro atoms. The van der Waals surface area contributed by atoms with Crippen LogP contribution < -0.4 is 10.2 Å². The summed E-state index contributed by atoms with van der Waals surface area (Å²) in [6, 6.07) is 5.99. The van der Waals surface area contributed by atoms with Crippen LogP contribution in [0.25, 0.3) is 0 Å². The Kier molecular flexibility index (Phi) is 3.49. The molecule has 0 saturated heterocycles. The molecule has 86 valence electrons. The predicted molar refractivity (Wildman–Crippen MR) is 69.9 cm³/mol. The van der Waals surface area contributed by atoms with Gasteiger partial charge in [0.25, 0.3) is 0 Å². The molecule has 0 fully saturated rings. The molecule has 1 aromatic rings. The van der Waals surface area contributed by atoms with Crippen molar-refractivity contribution in [1.29, 1.82) is 0 Å². The monoisotopic (exact) mass is 282 g/mol. The minimum Gasteiger partial charge on any atom is -0.374 e. The number of carbonyl (C=O) groups is 1. The van der Waals surface area contributed by atoms with Gasteiger partial charge in [-0.15, -0.1) is 0 Å². The first-order chi connectivity index (χ1) is 7.72. The Morgan fingerprint density at radius 3 is 3.06 bits per heavy atom. The van der Waals surface area contributed by atoms with Gasteiger partial charge in [-0.2, -0.15) is 0 Å². The van der Waals surface area contributed by atoms with Crippen LogP contribution in [0.4, 0.5) is 11.4 Å². The van der Waals surface area contributed by atoms with Crippen molar-refractivity contribution in [3.05, 3.63) is 22.7 Å². The van der Waals surface area contributed by atoms with Crippen LogP contribution in [0.3, 0.4) is 0 Å². The van der Waals surface area contributed by atoms with Gasteiger partial charge in [-0.25, -0.2) is 0 Å². The molecule has 2 rings (SSSR count). The van der Waals surface area contributed by atoms with Crippen molar-refractivity contribution in [3.63, 3.8) is 0 Å². The molecule has 0 radical (unpaired) electrons. The second-order valence-electron chi connectivity index (χ2n) is 3.91. The van der Waals surface area contributed by atoms with E-state index in [1.54, 1.807) is 0 Å². The summed E-state index contributed by atoms with van der Waals surface area (Å²) >= 11 is 3.44. The average Bonchev–Trinajstić information content (AvgIpc) is 2.28. The second-order valence-corrected chi connectivity index (χ2v) is 4.83. The highest BCUT2D eigenvalue weighted by atomic mass is 79.9. The number of unbranched alkanes of at least 4 members (excludes halogenated alkanes) is 1. The Labute approximate surface area is 104 Å². The Bertz CT molecular complexity index is 406. The van der Waals surface area contributed by atoms with E-state index in [1.807, 2.05) is 23.1 Å². The van der Waals surface area contributed by atoms with Gasteiger partial charge < -0.3 is 10.2 Å². The molecular formula is C12H15BrN2O. The third-order valence-electron chi connectivity index (χ3n) is 2.72. The Morgan fingerprint density at radius 2 is 2.31 bits per heavy atom. The number of halogens is 1. The molecule has 0 aromatic heterocycles. The van der Waals surface area contributed by atoms with E-state index in [-0.39, 0.29) is 5.91 Å². The van der Waals surface area contributed by atoms with Crippen molar-refractivity contribution in [2.24, 2.45) is 0 Å². The van der Waals surface area contributed by atoms with E-state index < -0.39 is 0 Å². The van der Waals surface area contributed by atoms with E-state index in [0.29, 0.717) is 6.54 Å². The van der Waals surface area contributed by atoms with Gasteiger partial charge in [0, 0.05) is 11.0 Å². The molecular weight excluding hydrogens is 268 g/mol. The molecule has 1 aliphatic heterocycles. The van der Waals surface area contributed by atoms with Gasteiger partial charge in [0.2, 0.25) is 5.91 Å². The molecule has 0 saturated carbocycles. The van der Waals surface area contributed by atoms with Crippen LogP contribution in [0.1, 0.15) is 19.8 Å². The summed E-state index contributed by atoms with van der Waals surface area (Å²) in [6.07, 6.45) is 2.14. The predicted octanol–water partition coefficient (Wildman–Crippen LogP) is 3.01. The van der Waals surface area contributed by atoms with Crippen molar-refractivity contribution >= 4 is 33.2 Å². The third-order valence-corrected chi connectivity index (χ3v) is 3.21. The van der Waals surface area contributed by atoms with Gasteiger partial charge in [0.05, 0.1) is 17.9 Å². The number of nitrogens with one attached hydrogen (secondary N) is 1. The van der Waals surface area contributed by atoms with Crippen molar-refractivity contribution < 1.29 is 4.79 Å². The standard InChI is InChI=1S/C12H15BrN2O/c1-2-3-6-15-11-7-9(13)4-5-10(11)14-8-12(15)16/h4-5,7,14H,2-3,6,8H2,1H3. The first kappa shape index (κ1) is 11.5. The zero-order chi connectivity index (χ0) is 11.5. The summed E-state index contributed by atoms with van der Waals surface area (Å²) in [6.45, 7) is 3.34. The Morgan fingerprint density at radius 1 is 1.50 bits per heavy atom. The highest BCUT2D eigenvalue weighted by Gasteiger charge is 2.23. The molecule has 0 atom stereocenters.